The molecule has 2 aliphatic rings. The molecule has 0 saturated heterocycles. The van der Waals surface area contributed by atoms with Crippen LogP contribution in [0.15, 0.2) is 23.6 Å². The number of carbonyl (C=O) groups excluding carboxylic acids is 2. The average Bonchev–Trinajstić information content (AvgIpc) is 3.20. The van der Waals surface area contributed by atoms with Gasteiger partial charge in [-0.05, 0) is 6.07 Å². The van der Waals surface area contributed by atoms with Crippen LogP contribution in [0.2, 0.25) is 0 Å². The molecule has 0 amide bonds. The first-order valence-electron chi connectivity index (χ1n) is 9.67. The SMILES string of the molecule is COc1cccc2c1C(=O)c1c(O)c3c(c(O)c1C2=O)CC(O)(c1csc(N)n1)CC3O. The van der Waals surface area contributed by atoms with Crippen molar-refractivity contribution in [3.8, 4) is 17.2 Å². The van der Waals surface area contributed by atoms with Crippen molar-refractivity contribution in [3.63, 3.8) is 0 Å². The predicted octanol–water partition coefficient (Wildman–Crippen LogP) is 1.79. The van der Waals surface area contributed by atoms with Gasteiger partial charge in [0, 0.05) is 34.9 Å². The molecule has 9 nitrogen and oxygen atoms in total. The molecule has 2 aromatic carbocycles. The Labute approximate surface area is 185 Å². The number of hydrogen-bond acceptors (Lipinski definition) is 10. The van der Waals surface area contributed by atoms with Crippen LogP contribution in [0, 0.1) is 0 Å². The number of anilines is 1. The van der Waals surface area contributed by atoms with E-state index in [-0.39, 0.29) is 57.2 Å². The van der Waals surface area contributed by atoms with Crippen molar-refractivity contribution in [3.05, 3.63) is 62.7 Å². The number of aliphatic hydroxyl groups excluding tert-OH is 1. The van der Waals surface area contributed by atoms with Crippen LogP contribution >= 0.6 is 11.3 Å². The van der Waals surface area contributed by atoms with Gasteiger partial charge in [0.2, 0.25) is 5.78 Å². The zero-order chi connectivity index (χ0) is 22.9. The van der Waals surface area contributed by atoms with Crippen LogP contribution in [-0.2, 0) is 12.0 Å². The average molecular weight is 454 g/mol. The molecule has 2 atom stereocenters. The lowest BCUT2D eigenvalue weighted by molar-refractivity contribution is -0.0307. The number of carbonyl (C=O) groups is 2. The van der Waals surface area contributed by atoms with E-state index in [1.807, 2.05) is 0 Å². The number of nitrogens with zero attached hydrogens (tertiary/aromatic N) is 1. The Bertz CT molecular complexity index is 1330. The molecule has 1 heterocycles. The first-order chi connectivity index (χ1) is 15.2. The van der Waals surface area contributed by atoms with E-state index in [0.717, 1.165) is 11.3 Å². The summed E-state index contributed by atoms with van der Waals surface area (Å²) >= 11 is 1.11. The van der Waals surface area contributed by atoms with Crippen LogP contribution < -0.4 is 10.5 Å². The normalized spacial score (nSPS) is 21.7. The summed E-state index contributed by atoms with van der Waals surface area (Å²) in [5.41, 5.74) is 3.28. The van der Waals surface area contributed by atoms with Gasteiger partial charge in [0.1, 0.15) is 22.8 Å². The molecular formula is C22H18N2O7S. The fourth-order valence-electron chi connectivity index (χ4n) is 4.64. The molecule has 0 radical (unpaired) electrons. The fraction of sp³-hybridized carbons (Fsp3) is 0.227. The second-order valence-corrected chi connectivity index (χ2v) is 8.77. The van der Waals surface area contributed by atoms with E-state index in [1.54, 1.807) is 5.38 Å². The summed E-state index contributed by atoms with van der Waals surface area (Å²) in [5.74, 6) is -2.40. The Kier molecular flexibility index (Phi) is 4.32. The molecular weight excluding hydrogens is 436 g/mol. The number of ether oxygens (including phenoxy) is 1. The van der Waals surface area contributed by atoms with E-state index in [1.165, 1.54) is 25.3 Å². The van der Waals surface area contributed by atoms with Gasteiger partial charge >= 0.3 is 0 Å². The Hall–Kier alpha value is -3.47. The zero-order valence-corrected chi connectivity index (χ0v) is 17.6. The summed E-state index contributed by atoms with van der Waals surface area (Å²) in [6.07, 6.45) is -1.94. The van der Waals surface area contributed by atoms with Crippen molar-refractivity contribution in [1.82, 2.24) is 4.98 Å². The van der Waals surface area contributed by atoms with Gasteiger partial charge < -0.3 is 30.9 Å². The Balaban J connectivity index is 1.75. The van der Waals surface area contributed by atoms with Gasteiger partial charge in [-0.15, -0.1) is 11.3 Å². The number of hydrogen-bond donors (Lipinski definition) is 5. The molecule has 164 valence electrons. The molecule has 0 bridgehead atoms. The number of ketones is 2. The largest absolute Gasteiger partial charge is 0.507 e. The molecule has 0 fully saturated rings. The number of aromatic hydroxyl groups is 2. The van der Waals surface area contributed by atoms with Crippen LogP contribution in [0.25, 0.3) is 0 Å². The lowest BCUT2D eigenvalue weighted by Crippen LogP contribution is -2.36. The Morgan fingerprint density at radius 1 is 1.16 bits per heavy atom. The van der Waals surface area contributed by atoms with E-state index in [4.69, 9.17) is 10.5 Å². The number of aliphatic hydroxyl groups is 2. The fourth-order valence-corrected chi connectivity index (χ4v) is 5.30. The van der Waals surface area contributed by atoms with Gasteiger partial charge in [0.15, 0.2) is 10.9 Å². The van der Waals surface area contributed by atoms with Crippen molar-refractivity contribution >= 4 is 28.0 Å². The van der Waals surface area contributed by atoms with E-state index in [9.17, 15) is 30.0 Å². The maximum Gasteiger partial charge on any atom is 0.202 e. The Morgan fingerprint density at radius 3 is 2.53 bits per heavy atom. The number of methoxy groups -OCH3 is 1. The monoisotopic (exact) mass is 454 g/mol. The Morgan fingerprint density at radius 2 is 1.88 bits per heavy atom. The number of phenols is 2. The molecule has 5 rings (SSSR count). The topological polar surface area (TPSA) is 163 Å². The standard InChI is InChI=1S/C22H18N2O7S/c1-31-11-4-2-3-8-14(11)20(29)16-15(17(8)26)18(27)9-5-22(30,12-7-32-21(23)24-12)6-10(25)13(9)19(16)28/h2-4,7,10,25,27-28,30H,5-6H2,1H3,(H2,23,24). The van der Waals surface area contributed by atoms with Crippen LogP contribution in [-0.4, -0.2) is 44.1 Å². The predicted molar refractivity (Wildman–Crippen MR) is 113 cm³/mol. The highest BCUT2D eigenvalue weighted by Crippen LogP contribution is 2.52. The zero-order valence-electron chi connectivity index (χ0n) is 16.7. The maximum atomic E-state index is 13.3. The molecule has 10 heteroatoms. The minimum atomic E-state index is -1.69. The van der Waals surface area contributed by atoms with Crippen molar-refractivity contribution < 1.29 is 34.8 Å². The lowest BCUT2D eigenvalue weighted by atomic mass is 9.72. The molecule has 6 N–H and O–H groups in total. The first-order valence-corrected chi connectivity index (χ1v) is 10.5. The van der Waals surface area contributed by atoms with Crippen LogP contribution in [0.3, 0.4) is 0 Å². The molecule has 3 aromatic rings. The number of aromatic nitrogens is 1. The summed E-state index contributed by atoms with van der Waals surface area (Å²) in [6, 6.07) is 4.48. The molecule has 2 unspecified atom stereocenters. The molecule has 0 aliphatic heterocycles. The smallest absolute Gasteiger partial charge is 0.202 e. The minimum absolute atomic E-state index is 0.0235. The second kappa shape index (κ2) is 6.76. The number of nitrogens with two attached hydrogens (primary N) is 1. The number of rotatable bonds is 2. The van der Waals surface area contributed by atoms with Gasteiger partial charge in [0.05, 0.1) is 35.6 Å². The van der Waals surface area contributed by atoms with E-state index < -0.39 is 40.3 Å². The molecule has 0 saturated carbocycles. The number of benzene rings is 2. The molecule has 1 aromatic heterocycles. The first kappa shape index (κ1) is 20.4. The van der Waals surface area contributed by atoms with Crippen molar-refractivity contribution in [2.45, 2.75) is 24.5 Å². The van der Waals surface area contributed by atoms with E-state index in [2.05, 4.69) is 4.98 Å². The number of phenolic OH excluding ortho intramolecular Hbond substituents is 2. The highest BCUT2D eigenvalue weighted by molar-refractivity contribution is 7.13. The molecule has 0 spiro atoms. The highest BCUT2D eigenvalue weighted by Gasteiger charge is 2.47. The van der Waals surface area contributed by atoms with Crippen molar-refractivity contribution in [2.24, 2.45) is 0 Å². The third kappa shape index (κ3) is 2.60. The highest BCUT2D eigenvalue weighted by atomic mass is 32.1. The minimum Gasteiger partial charge on any atom is -0.507 e. The lowest BCUT2D eigenvalue weighted by Gasteiger charge is -2.37. The maximum absolute atomic E-state index is 13.3. The number of thiazole rings is 1. The van der Waals surface area contributed by atoms with Crippen LogP contribution in [0.5, 0.6) is 17.2 Å². The van der Waals surface area contributed by atoms with Crippen molar-refractivity contribution in [1.29, 1.82) is 0 Å². The summed E-state index contributed by atoms with van der Waals surface area (Å²) in [6.45, 7) is 0. The summed E-state index contributed by atoms with van der Waals surface area (Å²) in [5, 5.41) is 45.8. The van der Waals surface area contributed by atoms with Gasteiger partial charge in [-0.25, -0.2) is 4.98 Å². The quantitative estimate of drug-likeness (QED) is 0.284. The summed E-state index contributed by atoms with van der Waals surface area (Å²) in [7, 11) is 1.35. The molecule has 2 aliphatic carbocycles. The van der Waals surface area contributed by atoms with Gasteiger partial charge in [-0.1, -0.05) is 12.1 Å². The van der Waals surface area contributed by atoms with Crippen LogP contribution in [0.1, 0.15) is 61.2 Å². The summed E-state index contributed by atoms with van der Waals surface area (Å²) < 4.78 is 5.21. The third-order valence-corrected chi connectivity index (χ3v) is 6.77. The summed E-state index contributed by atoms with van der Waals surface area (Å²) in [4.78, 5) is 30.6. The second-order valence-electron chi connectivity index (χ2n) is 7.88. The van der Waals surface area contributed by atoms with E-state index in [0.29, 0.717) is 0 Å². The van der Waals surface area contributed by atoms with Gasteiger partial charge in [-0.2, -0.15) is 0 Å². The third-order valence-electron chi connectivity index (χ3n) is 6.09. The van der Waals surface area contributed by atoms with E-state index >= 15 is 0 Å². The molecule has 32 heavy (non-hydrogen) atoms. The van der Waals surface area contributed by atoms with Crippen LogP contribution in [0.4, 0.5) is 5.13 Å². The van der Waals surface area contributed by atoms with Crippen molar-refractivity contribution in [2.75, 3.05) is 12.8 Å². The number of nitrogen functional groups attached to an aromatic ring is 1. The van der Waals surface area contributed by atoms with Gasteiger partial charge in [-0.3, -0.25) is 9.59 Å². The van der Waals surface area contributed by atoms with Gasteiger partial charge in [0.25, 0.3) is 0 Å². The number of fused-ring (bicyclic) bond motifs is 3.